The predicted molar refractivity (Wildman–Crippen MR) is 95.0 cm³/mol. The fourth-order valence-electron chi connectivity index (χ4n) is 1.70. The van der Waals surface area contributed by atoms with Crippen LogP contribution in [0.5, 0.6) is 0 Å². The summed E-state index contributed by atoms with van der Waals surface area (Å²) in [5.74, 6) is -1.02. The molecule has 0 aliphatic carbocycles. The predicted octanol–water partition coefficient (Wildman–Crippen LogP) is 2.08. The second-order valence-corrected chi connectivity index (χ2v) is 8.53. The van der Waals surface area contributed by atoms with Crippen molar-refractivity contribution in [2.75, 3.05) is 41.6 Å². The minimum atomic E-state index is -4.31. The number of carbonyl (C=O) groups excluding carboxylic acids is 2. The van der Waals surface area contributed by atoms with Gasteiger partial charge in [-0.25, -0.2) is 9.09 Å². The van der Waals surface area contributed by atoms with Crippen LogP contribution >= 0.6 is 7.82 Å². The number of phosphoric acid groups is 1. The normalized spacial score (nSPS) is 16.4. The third-order valence-electron chi connectivity index (χ3n) is 3.49. The monoisotopic (exact) mass is 398 g/mol. The van der Waals surface area contributed by atoms with E-state index in [0.717, 1.165) is 0 Å². The van der Waals surface area contributed by atoms with Gasteiger partial charge in [-0.2, -0.15) is 0 Å². The van der Waals surface area contributed by atoms with E-state index in [4.69, 9.17) is 13.8 Å². The number of hydrogen-bond donors (Lipinski definition) is 1. The quantitative estimate of drug-likeness (QED) is 0.217. The van der Waals surface area contributed by atoms with Crippen molar-refractivity contribution in [1.29, 1.82) is 0 Å². The van der Waals surface area contributed by atoms with Crippen LogP contribution in [-0.4, -0.2) is 69.0 Å². The van der Waals surface area contributed by atoms with Crippen LogP contribution in [-0.2, 0) is 32.7 Å². The van der Waals surface area contributed by atoms with Crippen molar-refractivity contribution in [2.24, 2.45) is 5.92 Å². The number of esters is 2. The summed E-state index contributed by atoms with van der Waals surface area (Å²) in [6.45, 7) is 3.63. The molecule has 0 bridgehead atoms. The van der Waals surface area contributed by atoms with Crippen molar-refractivity contribution >= 4 is 19.8 Å². The maximum atomic E-state index is 12.1. The zero-order valence-electron chi connectivity index (χ0n) is 16.6. The van der Waals surface area contributed by atoms with Crippen LogP contribution in [0.3, 0.4) is 0 Å². The highest BCUT2D eigenvalue weighted by Crippen LogP contribution is 2.46. The SMILES string of the molecule is CCC(C)C(=O)OCCC(CCC(=O)OC)OP(=O)(O)OC[N+](C)(C)C. The summed E-state index contributed by atoms with van der Waals surface area (Å²) < 4.78 is 32.3. The van der Waals surface area contributed by atoms with Gasteiger partial charge in [0, 0.05) is 12.8 Å². The van der Waals surface area contributed by atoms with Gasteiger partial charge in [-0.05, 0) is 12.8 Å². The summed E-state index contributed by atoms with van der Waals surface area (Å²) in [5, 5.41) is 0. The Morgan fingerprint density at radius 3 is 2.31 bits per heavy atom. The molecule has 0 rings (SSSR count). The standard InChI is InChI=1S/C16H32NO8P/c1-7-13(2)16(19)23-11-10-14(8-9-15(18)22-6)25-26(20,21)24-12-17(3,4)5/h13-14H,7-12H2,1-6H3/p+1. The molecule has 0 amide bonds. The zero-order chi connectivity index (χ0) is 20.4. The summed E-state index contributed by atoms with van der Waals surface area (Å²) in [4.78, 5) is 32.9. The molecule has 0 aromatic heterocycles. The fourth-order valence-corrected chi connectivity index (χ4v) is 2.84. The number of carbonyl (C=O) groups is 2. The van der Waals surface area contributed by atoms with Gasteiger partial charge in [0.15, 0.2) is 6.73 Å². The van der Waals surface area contributed by atoms with Crippen molar-refractivity contribution in [3.05, 3.63) is 0 Å². The summed E-state index contributed by atoms with van der Waals surface area (Å²) in [7, 11) is 2.33. The topological polar surface area (TPSA) is 108 Å². The molecule has 26 heavy (non-hydrogen) atoms. The number of phosphoric ester groups is 1. The first-order valence-electron chi connectivity index (χ1n) is 8.59. The van der Waals surface area contributed by atoms with Crippen LogP contribution in [0.15, 0.2) is 0 Å². The van der Waals surface area contributed by atoms with Gasteiger partial charge in [0.05, 0.1) is 46.9 Å². The molecule has 0 spiro atoms. The van der Waals surface area contributed by atoms with E-state index in [9.17, 15) is 19.0 Å². The van der Waals surface area contributed by atoms with Crippen molar-refractivity contribution in [2.45, 2.75) is 45.6 Å². The van der Waals surface area contributed by atoms with Gasteiger partial charge in [-0.15, -0.1) is 0 Å². The van der Waals surface area contributed by atoms with Gasteiger partial charge in [-0.1, -0.05) is 13.8 Å². The van der Waals surface area contributed by atoms with Crippen LogP contribution in [0.1, 0.15) is 39.5 Å². The number of nitrogens with zero attached hydrogens (tertiary/aromatic N) is 1. The van der Waals surface area contributed by atoms with Gasteiger partial charge in [0.2, 0.25) is 0 Å². The Labute approximate surface area is 155 Å². The van der Waals surface area contributed by atoms with Crippen LogP contribution in [0.2, 0.25) is 0 Å². The number of methoxy groups -OCH3 is 1. The molecule has 0 aliphatic heterocycles. The van der Waals surface area contributed by atoms with Crippen LogP contribution in [0.25, 0.3) is 0 Å². The van der Waals surface area contributed by atoms with Crippen molar-refractivity contribution in [1.82, 2.24) is 0 Å². The van der Waals surface area contributed by atoms with Crippen LogP contribution in [0, 0.1) is 5.92 Å². The average molecular weight is 398 g/mol. The van der Waals surface area contributed by atoms with Gasteiger partial charge in [0.25, 0.3) is 0 Å². The third-order valence-corrected chi connectivity index (χ3v) is 4.49. The molecular weight excluding hydrogens is 365 g/mol. The first-order chi connectivity index (χ1) is 11.9. The van der Waals surface area contributed by atoms with E-state index in [-0.39, 0.29) is 44.5 Å². The minimum absolute atomic E-state index is 0.00973. The Morgan fingerprint density at radius 2 is 1.81 bits per heavy atom. The molecule has 0 aromatic carbocycles. The van der Waals surface area contributed by atoms with Gasteiger partial charge < -0.3 is 18.9 Å². The number of ether oxygens (including phenoxy) is 2. The average Bonchev–Trinajstić information content (AvgIpc) is 2.55. The van der Waals surface area contributed by atoms with E-state index >= 15 is 0 Å². The van der Waals surface area contributed by atoms with E-state index in [1.54, 1.807) is 28.1 Å². The highest BCUT2D eigenvalue weighted by Gasteiger charge is 2.29. The maximum absolute atomic E-state index is 12.1. The first kappa shape index (κ1) is 25.0. The second-order valence-electron chi connectivity index (χ2n) is 7.12. The largest absolute Gasteiger partial charge is 0.476 e. The zero-order valence-corrected chi connectivity index (χ0v) is 17.5. The van der Waals surface area contributed by atoms with E-state index < -0.39 is 19.9 Å². The van der Waals surface area contributed by atoms with Gasteiger partial charge >= 0.3 is 19.8 Å². The molecule has 0 radical (unpaired) electrons. The Bertz CT molecular complexity index is 491. The Morgan fingerprint density at radius 1 is 1.19 bits per heavy atom. The Balaban J connectivity index is 4.70. The fraction of sp³-hybridized carbons (Fsp3) is 0.875. The third kappa shape index (κ3) is 12.4. The summed E-state index contributed by atoms with van der Waals surface area (Å²) in [6.07, 6.45) is 0.187. The van der Waals surface area contributed by atoms with E-state index in [1.807, 2.05) is 6.92 Å². The number of rotatable bonds is 13. The number of hydrogen-bond acceptors (Lipinski definition) is 7. The van der Waals surface area contributed by atoms with Gasteiger partial charge in [-0.3, -0.25) is 14.1 Å². The molecule has 9 nitrogen and oxygen atoms in total. The summed E-state index contributed by atoms with van der Waals surface area (Å²) >= 11 is 0. The Kier molecular flexibility index (Phi) is 11.2. The lowest BCUT2D eigenvalue weighted by atomic mass is 10.1. The van der Waals surface area contributed by atoms with Crippen molar-refractivity contribution < 1.29 is 42.1 Å². The van der Waals surface area contributed by atoms with E-state index in [0.29, 0.717) is 10.9 Å². The minimum Gasteiger partial charge on any atom is -0.469 e. The lowest BCUT2D eigenvalue weighted by molar-refractivity contribution is -0.887. The van der Waals surface area contributed by atoms with Crippen LogP contribution < -0.4 is 0 Å². The highest BCUT2D eigenvalue weighted by atomic mass is 31.2. The molecule has 10 heteroatoms. The molecule has 3 atom stereocenters. The van der Waals surface area contributed by atoms with E-state index in [2.05, 4.69) is 4.74 Å². The molecule has 0 fully saturated rings. The van der Waals surface area contributed by atoms with E-state index in [1.165, 1.54) is 7.11 Å². The lowest BCUT2D eigenvalue weighted by Crippen LogP contribution is -2.36. The second kappa shape index (κ2) is 11.7. The molecule has 0 saturated heterocycles. The van der Waals surface area contributed by atoms with Crippen molar-refractivity contribution in [3.63, 3.8) is 0 Å². The van der Waals surface area contributed by atoms with Gasteiger partial charge in [0.1, 0.15) is 0 Å². The number of quaternary nitrogens is 1. The lowest BCUT2D eigenvalue weighted by Gasteiger charge is -2.26. The molecule has 3 unspecified atom stereocenters. The van der Waals surface area contributed by atoms with Crippen molar-refractivity contribution in [3.8, 4) is 0 Å². The molecule has 0 heterocycles. The van der Waals surface area contributed by atoms with Crippen LogP contribution in [0.4, 0.5) is 0 Å². The molecule has 0 aliphatic rings. The molecule has 1 N–H and O–H groups in total. The summed E-state index contributed by atoms with van der Waals surface area (Å²) in [5.41, 5.74) is 0. The first-order valence-corrected chi connectivity index (χ1v) is 10.1. The highest BCUT2D eigenvalue weighted by molar-refractivity contribution is 7.47. The molecule has 0 aromatic rings. The smallest absolute Gasteiger partial charge is 0.469 e. The molecule has 0 saturated carbocycles. The maximum Gasteiger partial charge on any atom is 0.476 e. The molecule has 154 valence electrons. The summed E-state index contributed by atoms with van der Waals surface area (Å²) in [6, 6.07) is 0. The molecular formula is C16H33NO8P+. The Hall–Kier alpha value is -0.990.